The van der Waals surface area contributed by atoms with Crippen LogP contribution in [0.1, 0.15) is 132 Å². The molecule has 1 N–H and O–H groups in total. The van der Waals surface area contributed by atoms with Crippen molar-refractivity contribution in [3.8, 4) is 0 Å². The molecule has 3 aliphatic carbocycles. The van der Waals surface area contributed by atoms with E-state index >= 15 is 0 Å². The number of hydrogen-bond donors (Lipinski definition) is 1. The molecule has 216 valence electrons. The number of ether oxygens (including phenoxy) is 1. The van der Waals surface area contributed by atoms with Crippen molar-refractivity contribution < 1.29 is 19.4 Å². The number of methoxy groups -OCH3 is 1. The molecular weight excluding hydrogens is 494 g/mol. The second kappa shape index (κ2) is 18.0. The zero-order valence-corrected chi connectivity index (χ0v) is 25.5. The molecule has 2 saturated carbocycles. The van der Waals surface area contributed by atoms with Crippen molar-refractivity contribution in [3.63, 3.8) is 0 Å². The Morgan fingerprint density at radius 1 is 1.03 bits per heavy atom. The molecule has 5 nitrogen and oxygen atoms in total. The minimum atomic E-state index is -0.212. The van der Waals surface area contributed by atoms with E-state index in [1.807, 2.05) is 13.8 Å². The third-order valence-corrected chi connectivity index (χ3v) is 9.36. The first-order valence-corrected chi connectivity index (χ1v) is 16.0. The molecular formula is C32H53NO4S. The summed E-state index contributed by atoms with van der Waals surface area (Å²) in [6.45, 7) is 6.26. The SMILES string of the molecule is CC.CCC1CCC(C(=O)N(c2cc(C3=CCCCC3)sc2C=O)C2CCCC(O)CCC2)CC1.COC. The maximum Gasteiger partial charge on any atom is 0.230 e. The van der Waals surface area contributed by atoms with Crippen molar-refractivity contribution in [2.24, 2.45) is 11.8 Å². The molecule has 0 radical (unpaired) electrons. The second-order valence-electron chi connectivity index (χ2n) is 10.9. The summed E-state index contributed by atoms with van der Waals surface area (Å²) in [6, 6.07) is 2.27. The first-order chi connectivity index (χ1) is 18.5. The van der Waals surface area contributed by atoms with Gasteiger partial charge in [0.2, 0.25) is 5.91 Å². The lowest BCUT2D eigenvalue weighted by Crippen LogP contribution is -2.45. The van der Waals surface area contributed by atoms with Crippen LogP contribution in [0.25, 0.3) is 5.57 Å². The van der Waals surface area contributed by atoms with Crippen molar-refractivity contribution in [3.05, 3.63) is 21.9 Å². The van der Waals surface area contributed by atoms with Crippen LogP contribution in [0.4, 0.5) is 5.69 Å². The summed E-state index contributed by atoms with van der Waals surface area (Å²) in [4.78, 5) is 30.2. The normalized spacial score (nSPS) is 25.8. The van der Waals surface area contributed by atoms with Crippen LogP contribution < -0.4 is 4.90 Å². The van der Waals surface area contributed by atoms with Crippen molar-refractivity contribution in [2.75, 3.05) is 19.1 Å². The number of aldehydes is 1. The van der Waals surface area contributed by atoms with Crippen LogP contribution in [0.3, 0.4) is 0 Å². The number of rotatable bonds is 6. The third kappa shape index (κ3) is 9.31. The molecule has 2 fully saturated rings. The minimum Gasteiger partial charge on any atom is -0.393 e. The molecule has 3 aliphatic rings. The number of aliphatic hydroxyl groups excluding tert-OH is 1. The molecule has 4 rings (SSSR count). The van der Waals surface area contributed by atoms with Gasteiger partial charge in [0.05, 0.1) is 16.7 Å². The van der Waals surface area contributed by atoms with Crippen LogP contribution in [0.2, 0.25) is 0 Å². The van der Waals surface area contributed by atoms with Gasteiger partial charge >= 0.3 is 0 Å². The summed E-state index contributed by atoms with van der Waals surface area (Å²) in [6.07, 6.45) is 18.4. The van der Waals surface area contributed by atoms with E-state index in [4.69, 9.17) is 0 Å². The molecule has 0 unspecified atom stereocenters. The van der Waals surface area contributed by atoms with Gasteiger partial charge in [-0.1, -0.05) is 33.3 Å². The lowest BCUT2D eigenvalue weighted by atomic mass is 9.80. The zero-order chi connectivity index (χ0) is 27.9. The van der Waals surface area contributed by atoms with Crippen LogP contribution in [-0.4, -0.2) is 43.7 Å². The Kier molecular flexibility index (Phi) is 15.5. The van der Waals surface area contributed by atoms with Gasteiger partial charge in [0.25, 0.3) is 0 Å². The number of carbonyl (C=O) groups is 2. The van der Waals surface area contributed by atoms with Crippen molar-refractivity contribution in [1.29, 1.82) is 0 Å². The summed E-state index contributed by atoms with van der Waals surface area (Å²) in [7, 11) is 3.25. The highest BCUT2D eigenvalue weighted by Crippen LogP contribution is 2.41. The number of nitrogens with zero attached hydrogens (tertiary/aromatic N) is 1. The van der Waals surface area contributed by atoms with Crippen LogP contribution in [0.5, 0.6) is 0 Å². The van der Waals surface area contributed by atoms with Crippen molar-refractivity contribution in [2.45, 2.75) is 129 Å². The Labute approximate surface area is 236 Å². The van der Waals surface area contributed by atoms with Gasteiger partial charge in [-0.3, -0.25) is 9.59 Å². The van der Waals surface area contributed by atoms with Gasteiger partial charge in [-0.25, -0.2) is 0 Å². The average molecular weight is 548 g/mol. The second-order valence-corrected chi connectivity index (χ2v) is 11.9. The van der Waals surface area contributed by atoms with E-state index in [1.54, 1.807) is 25.6 Å². The molecule has 0 aromatic carbocycles. The summed E-state index contributed by atoms with van der Waals surface area (Å²) in [5, 5.41) is 10.1. The molecule has 38 heavy (non-hydrogen) atoms. The van der Waals surface area contributed by atoms with Gasteiger partial charge in [-0.05, 0) is 107 Å². The molecule has 6 heteroatoms. The predicted octanol–water partition coefficient (Wildman–Crippen LogP) is 8.44. The summed E-state index contributed by atoms with van der Waals surface area (Å²) < 4.78 is 4.25. The van der Waals surface area contributed by atoms with Crippen molar-refractivity contribution >= 4 is 34.8 Å². The fraction of sp³-hybridized carbons (Fsp3) is 0.750. The van der Waals surface area contributed by atoms with E-state index in [0.717, 1.165) is 94.9 Å². The van der Waals surface area contributed by atoms with E-state index < -0.39 is 0 Å². The Balaban J connectivity index is 0.000000947. The smallest absolute Gasteiger partial charge is 0.230 e. The van der Waals surface area contributed by atoms with E-state index in [2.05, 4.69) is 28.7 Å². The Morgan fingerprint density at radius 3 is 2.18 bits per heavy atom. The fourth-order valence-corrected chi connectivity index (χ4v) is 7.16. The molecule has 0 aliphatic heterocycles. The molecule has 0 saturated heterocycles. The first kappa shape index (κ1) is 32.7. The standard InChI is InChI=1S/C28H41NO3S.C2H6O.C2H6/c1-2-20-14-16-22(17-15-20)28(32)29(23-10-6-12-24(31)13-7-11-23)25-18-26(33-27(25)19-30)21-8-4-3-5-9-21;1-3-2;1-2/h8,18-20,22-24,31H,2-7,9-17H2,1H3;1-2H3;1-2H3. The minimum absolute atomic E-state index is 0.0700. The maximum absolute atomic E-state index is 14.1. The van der Waals surface area contributed by atoms with E-state index in [-0.39, 0.29) is 24.0 Å². The molecule has 1 aromatic rings. The largest absolute Gasteiger partial charge is 0.393 e. The highest BCUT2D eigenvalue weighted by atomic mass is 32.1. The van der Waals surface area contributed by atoms with Gasteiger partial charge in [0, 0.05) is 31.1 Å². The molecule has 1 aromatic heterocycles. The van der Waals surface area contributed by atoms with E-state index in [0.29, 0.717) is 4.88 Å². The Morgan fingerprint density at radius 2 is 1.66 bits per heavy atom. The highest BCUT2D eigenvalue weighted by molar-refractivity contribution is 7.15. The van der Waals surface area contributed by atoms with Gasteiger partial charge in [-0.15, -0.1) is 11.3 Å². The number of hydrogen-bond acceptors (Lipinski definition) is 5. The maximum atomic E-state index is 14.1. The van der Waals surface area contributed by atoms with E-state index in [9.17, 15) is 14.7 Å². The van der Waals surface area contributed by atoms with Gasteiger partial charge in [0.15, 0.2) is 6.29 Å². The quantitative estimate of drug-likeness (QED) is 0.363. The van der Waals surface area contributed by atoms with E-state index in [1.165, 1.54) is 29.7 Å². The third-order valence-electron chi connectivity index (χ3n) is 8.24. The van der Waals surface area contributed by atoms with Crippen LogP contribution in [0, 0.1) is 11.8 Å². The zero-order valence-electron chi connectivity index (χ0n) is 24.7. The first-order valence-electron chi connectivity index (χ1n) is 15.2. The van der Waals surface area contributed by atoms with Crippen LogP contribution in [0.15, 0.2) is 12.1 Å². The molecule has 1 amide bonds. The fourth-order valence-electron chi connectivity index (χ4n) is 6.12. The number of thiophene rings is 1. The average Bonchev–Trinajstić information content (AvgIpc) is 3.37. The summed E-state index contributed by atoms with van der Waals surface area (Å²) >= 11 is 1.57. The lowest BCUT2D eigenvalue weighted by molar-refractivity contribution is -0.124. The Hall–Kier alpha value is -1.50. The van der Waals surface area contributed by atoms with Gasteiger partial charge in [0.1, 0.15) is 0 Å². The molecule has 0 atom stereocenters. The monoisotopic (exact) mass is 547 g/mol. The predicted molar refractivity (Wildman–Crippen MR) is 161 cm³/mol. The molecule has 1 heterocycles. The number of allylic oxidation sites excluding steroid dienone is 2. The number of aliphatic hydroxyl groups is 1. The van der Waals surface area contributed by atoms with Crippen molar-refractivity contribution in [1.82, 2.24) is 0 Å². The number of anilines is 1. The van der Waals surface area contributed by atoms with Gasteiger partial charge < -0.3 is 14.7 Å². The summed E-state index contributed by atoms with van der Waals surface area (Å²) in [5.41, 5.74) is 2.20. The number of amides is 1. The summed E-state index contributed by atoms with van der Waals surface area (Å²) in [5.74, 6) is 1.06. The van der Waals surface area contributed by atoms with Crippen LogP contribution >= 0.6 is 11.3 Å². The Bertz CT molecular complexity index is 846. The lowest BCUT2D eigenvalue weighted by Gasteiger charge is -2.37. The van der Waals surface area contributed by atoms with Gasteiger partial charge in [-0.2, -0.15) is 0 Å². The molecule has 0 bridgehead atoms. The number of carbonyl (C=O) groups excluding carboxylic acids is 2. The van der Waals surface area contributed by atoms with Crippen LogP contribution in [-0.2, 0) is 9.53 Å². The highest BCUT2D eigenvalue weighted by Gasteiger charge is 2.35. The molecule has 0 spiro atoms. The topological polar surface area (TPSA) is 66.8 Å².